The number of aliphatic hydroxyl groups is 1. The maximum Gasteiger partial charge on any atom is 0.107 e. The molecule has 132 valence electrons. The highest BCUT2D eigenvalue weighted by atomic mass is 16.4. The molecule has 0 saturated carbocycles. The average molecular weight is 323 g/mol. The Hall–Kier alpha value is -1.39. The Morgan fingerprint density at radius 1 is 1.13 bits per heavy atom. The van der Waals surface area contributed by atoms with Gasteiger partial charge in [0.15, 0.2) is 0 Å². The molecule has 0 aliphatic heterocycles. The third-order valence-corrected chi connectivity index (χ3v) is 3.69. The highest BCUT2D eigenvalue weighted by Gasteiger charge is 2.03. The highest BCUT2D eigenvalue weighted by Crippen LogP contribution is 2.10. The van der Waals surface area contributed by atoms with Gasteiger partial charge in [0.2, 0.25) is 0 Å². The van der Waals surface area contributed by atoms with Gasteiger partial charge in [-0.25, -0.2) is 0 Å². The summed E-state index contributed by atoms with van der Waals surface area (Å²) in [7, 11) is 0. The van der Waals surface area contributed by atoms with Crippen molar-refractivity contribution in [1.82, 2.24) is 0 Å². The maximum atomic E-state index is 10.1. The van der Waals surface area contributed by atoms with Gasteiger partial charge in [0.25, 0.3) is 0 Å². The van der Waals surface area contributed by atoms with E-state index in [0.29, 0.717) is 12.5 Å². The minimum Gasteiger partial charge on any atom is -0.550 e. The van der Waals surface area contributed by atoms with Gasteiger partial charge < -0.3 is 20.7 Å². The van der Waals surface area contributed by atoms with Crippen LogP contribution in [0.1, 0.15) is 76.8 Å². The molecule has 0 spiro atoms. The van der Waals surface area contributed by atoms with Gasteiger partial charge >= 0.3 is 0 Å². The van der Waals surface area contributed by atoms with Crippen molar-refractivity contribution in [2.24, 2.45) is 0 Å². The second-order valence-electron chi connectivity index (χ2n) is 6.08. The molecule has 0 aliphatic rings. The number of hydrogen-bond acceptors (Lipinski definition) is 3. The second-order valence-corrected chi connectivity index (χ2v) is 6.08. The first-order valence-corrected chi connectivity index (χ1v) is 8.73. The van der Waals surface area contributed by atoms with E-state index in [1.807, 2.05) is 18.2 Å². The van der Waals surface area contributed by atoms with Crippen LogP contribution in [0.15, 0.2) is 30.3 Å². The molecule has 4 N–H and O–H groups in total. The van der Waals surface area contributed by atoms with Crippen molar-refractivity contribution in [1.29, 1.82) is 0 Å². The fourth-order valence-corrected chi connectivity index (χ4v) is 2.19. The summed E-state index contributed by atoms with van der Waals surface area (Å²) in [4.78, 5) is 10.1. The summed E-state index contributed by atoms with van der Waals surface area (Å²) in [5.41, 5.74) is 5.21. The first-order valence-electron chi connectivity index (χ1n) is 8.73. The molecule has 0 heterocycles. The molecule has 0 aromatic heterocycles. The largest absolute Gasteiger partial charge is 0.550 e. The van der Waals surface area contributed by atoms with E-state index in [-0.39, 0.29) is 6.42 Å². The zero-order chi connectivity index (χ0) is 17.5. The second kappa shape index (κ2) is 14.2. The molecule has 2 atom stereocenters. The van der Waals surface area contributed by atoms with E-state index in [1.165, 1.54) is 24.8 Å². The molecule has 1 aromatic carbocycles. The zero-order valence-electron chi connectivity index (χ0n) is 14.7. The Kier molecular flexibility index (Phi) is 13.4. The molecule has 1 rings (SSSR count). The SMILES string of the molecule is CCCCCCC[C@@H](O)CCC(=O)[O-].C[C@H]([NH3+])c1ccccc1. The maximum absolute atomic E-state index is 10.1. The van der Waals surface area contributed by atoms with Crippen LogP contribution in [-0.2, 0) is 4.79 Å². The zero-order valence-corrected chi connectivity index (χ0v) is 14.7. The van der Waals surface area contributed by atoms with Crippen LogP contribution in [0, 0.1) is 0 Å². The van der Waals surface area contributed by atoms with Gasteiger partial charge in [-0.05, 0) is 26.2 Å². The number of aliphatic carboxylic acids is 1. The lowest BCUT2D eigenvalue weighted by Crippen LogP contribution is -2.51. The fraction of sp³-hybridized carbons (Fsp3) is 0.632. The minimum atomic E-state index is -1.07. The Morgan fingerprint density at radius 3 is 2.22 bits per heavy atom. The van der Waals surface area contributed by atoms with Crippen molar-refractivity contribution in [2.75, 3.05) is 0 Å². The molecular weight excluding hydrogens is 290 g/mol. The third kappa shape index (κ3) is 14.0. The molecule has 0 radical (unpaired) electrons. The van der Waals surface area contributed by atoms with Gasteiger partial charge in [0.1, 0.15) is 6.04 Å². The molecule has 23 heavy (non-hydrogen) atoms. The number of carbonyl (C=O) groups excluding carboxylic acids is 1. The molecular formula is C19H33NO3. The smallest absolute Gasteiger partial charge is 0.107 e. The minimum absolute atomic E-state index is 0.0316. The molecule has 0 amide bonds. The van der Waals surface area contributed by atoms with Gasteiger partial charge in [0, 0.05) is 11.5 Å². The highest BCUT2D eigenvalue weighted by molar-refractivity contribution is 5.64. The van der Waals surface area contributed by atoms with E-state index < -0.39 is 12.1 Å². The first-order chi connectivity index (χ1) is 11.0. The summed E-state index contributed by atoms with van der Waals surface area (Å²) in [6.07, 6.45) is 6.36. The van der Waals surface area contributed by atoms with Crippen molar-refractivity contribution >= 4 is 5.97 Å². The number of carboxylic acid groups (broad SMARTS) is 1. The summed E-state index contributed by atoms with van der Waals surface area (Å²) in [6, 6.07) is 10.7. The Bertz CT molecular complexity index is 393. The predicted octanol–water partition coefficient (Wildman–Crippen LogP) is 2.23. The summed E-state index contributed by atoms with van der Waals surface area (Å²) in [6.45, 7) is 4.25. The lowest BCUT2D eigenvalue weighted by atomic mass is 10.1. The quantitative estimate of drug-likeness (QED) is 0.647. The van der Waals surface area contributed by atoms with Crippen LogP contribution in [0.3, 0.4) is 0 Å². The molecule has 0 bridgehead atoms. The standard InChI is InChI=1S/C11H22O3.C8H11N/c1-2-3-4-5-6-7-10(12)8-9-11(13)14;1-7(9)8-5-3-2-4-6-8/h10,12H,2-9H2,1H3,(H,13,14);2-7H,9H2,1H3/t10-;7-/m10/s1. The van der Waals surface area contributed by atoms with Crippen LogP contribution in [-0.4, -0.2) is 17.2 Å². The van der Waals surface area contributed by atoms with Crippen LogP contribution in [0.4, 0.5) is 0 Å². The van der Waals surface area contributed by atoms with Gasteiger partial charge in [-0.15, -0.1) is 0 Å². The van der Waals surface area contributed by atoms with Crippen LogP contribution in [0.25, 0.3) is 0 Å². The van der Waals surface area contributed by atoms with E-state index in [0.717, 1.165) is 19.3 Å². The number of hydrogen-bond donors (Lipinski definition) is 2. The van der Waals surface area contributed by atoms with Gasteiger partial charge in [-0.3, -0.25) is 0 Å². The molecule has 0 saturated heterocycles. The lowest BCUT2D eigenvalue weighted by molar-refractivity contribution is -0.420. The van der Waals surface area contributed by atoms with Crippen molar-refractivity contribution in [3.8, 4) is 0 Å². The monoisotopic (exact) mass is 323 g/mol. The molecule has 4 heteroatoms. The van der Waals surface area contributed by atoms with E-state index >= 15 is 0 Å². The van der Waals surface area contributed by atoms with Crippen LogP contribution < -0.4 is 10.8 Å². The van der Waals surface area contributed by atoms with Crippen molar-refractivity contribution in [3.05, 3.63) is 35.9 Å². The number of carboxylic acids is 1. The molecule has 1 aromatic rings. The number of quaternary nitrogens is 1. The number of benzene rings is 1. The topological polar surface area (TPSA) is 88.0 Å². The molecule has 0 unspecified atom stereocenters. The van der Waals surface area contributed by atoms with E-state index in [2.05, 4.69) is 31.7 Å². The van der Waals surface area contributed by atoms with Gasteiger partial charge in [0.05, 0.1) is 6.10 Å². The number of carbonyl (C=O) groups is 1. The van der Waals surface area contributed by atoms with E-state index in [9.17, 15) is 15.0 Å². The predicted molar refractivity (Wildman–Crippen MR) is 91.4 cm³/mol. The van der Waals surface area contributed by atoms with Crippen molar-refractivity contribution in [2.45, 2.75) is 77.4 Å². The van der Waals surface area contributed by atoms with Crippen LogP contribution in [0.2, 0.25) is 0 Å². The summed E-state index contributed by atoms with van der Waals surface area (Å²) in [5, 5.41) is 19.5. The summed E-state index contributed by atoms with van der Waals surface area (Å²) in [5.74, 6) is -1.07. The Balaban J connectivity index is 0.000000459. The van der Waals surface area contributed by atoms with Gasteiger partial charge in [-0.1, -0.05) is 69.4 Å². The number of aliphatic hydroxyl groups excluding tert-OH is 1. The molecule has 4 nitrogen and oxygen atoms in total. The lowest BCUT2D eigenvalue weighted by Gasteiger charge is -2.10. The normalized spacial score (nSPS) is 12.9. The number of rotatable bonds is 10. The van der Waals surface area contributed by atoms with E-state index in [4.69, 9.17) is 0 Å². The first kappa shape index (κ1) is 21.6. The molecule has 0 fully saturated rings. The van der Waals surface area contributed by atoms with E-state index in [1.54, 1.807) is 0 Å². The third-order valence-electron chi connectivity index (χ3n) is 3.69. The van der Waals surface area contributed by atoms with Crippen LogP contribution >= 0.6 is 0 Å². The van der Waals surface area contributed by atoms with Gasteiger partial charge in [-0.2, -0.15) is 0 Å². The fourth-order valence-electron chi connectivity index (χ4n) is 2.19. The average Bonchev–Trinajstić information content (AvgIpc) is 2.54. The van der Waals surface area contributed by atoms with Crippen LogP contribution in [0.5, 0.6) is 0 Å². The van der Waals surface area contributed by atoms with Crippen molar-refractivity contribution in [3.63, 3.8) is 0 Å². The Morgan fingerprint density at radius 2 is 1.74 bits per heavy atom. The molecule has 0 aliphatic carbocycles. The number of unbranched alkanes of at least 4 members (excludes halogenated alkanes) is 4. The summed E-state index contributed by atoms with van der Waals surface area (Å²) < 4.78 is 0. The van der Waals surface area contributed by atoms with Crippen molar-refractivity contribution < 1.29 is 20.7 Å². The summed E-state index contributed by atoms with van der Waals surface area (Å²) >= 11 is 0. The Labute approximate surface area is 140 Å².